The number of nitrogens with one attached hydrogen (secondary N) is 2. The molecule has 27 heavy (non-hydrogen) atoms. The van der Waals surface area contributed by atoms with E-state index in [2.05, 4.69) is 10.3 Å². The number of piperidine rings is 1. The lowest BCUT2D eigenvalue weighted by Gasteiger charge is -2.30. The number of pyridine rings is 1. The number of H-pyrrole nitrogens is 1. The maximum Gasteiger partial charge on any atom is 0.253 e. The molecule has 7 nitrogen and oxygen atoms in total. The zero-order valence-electron chi connectivity index (χ0n) is 15.3. The molecule has 1 saturated heterocycles. The molecule has 0 aromatic carbocycles. The van der Waals surface area contributed by atoms with E-state index in [9.17, 15) is 18.0 Å². The Morgan fingerprint density at radius 2 is 2.19 bits per heavy atom. The molecule has 2 aromatic rings. The first-order valence-electron chi connectivity index (χ1n) is 8.80. The average molecular weight is 410 g/mol. The Balaban J connectivity index is 1.66. The SMILES string of the molecule is Cc1cc(C)c(CNC(=O)C2CCCN(S(=O)(=O)c3cccs3)C2)c(=O)[nH]1. The van der Waals surface area contributed by atoms with Crippen LogP contribution in [0.5, 0.6) is 0 Å². The maximum atomic E-state index is 12.7. The van der Waals surface area contributed by atoms with Gasteiger partial charge in [0, 0.05) is 30.9 Å². The molecule has 2 N–H and O–H groups in total. The minimum atomic E-state index is -3.55. The van der Waals surface area contributed by atoms with Gasteiger partial charge in [0.15, 0.2) is 0 Å². The van der Waals surface area contributed by atoms with Crippen molar-refractivity contribution >= 4 is 27.3 Å². The molecule has 1 unspecified atom stereocenters. The molecule has 1 aliphatic heterocycles. The summed E-state index contributed by atoms with van der Waals surface area (Å²) < 4.78 is 27.0. The van der Waals surface area contributed by atoms with E-state index in [0.29, 0.717) is 29.2 Å². The molecule has 0 radical (unpaired) electrons. The minimum Gasteiger partial charge on any atom is -0.352 e. The van der Waals surface area contributed by atoms with E-state index in [1.807, 2.05) is 13.0 Å². The highest BCUT2D eigenvalue weighted by Crippen LogP contribution is 2.26. The fourth-order valence-corrected chi connectivity index (χ4v) is 6.00. The number of sulfonamides is 1. The van der Waals surface area contributed by atoms with E-state index in [1.165, 1.54) is 15.6 Å². The predicted molar refractivity (Wildman–Crippen MR) is 104 cm³/mol. The van der Waals surface area contributed by atoms with Crippen molar-refractivity contribution in [2.45, 2.75) is 37.4 Å². The van der Waals surface area contributed by atoms with Crippen LogP contribution in [0.3, 0.4) is 0 Å². The standard InChI is InChI=1S/C18H23N3O4S2/c1-12-9-13(2)20-18(23)15(12)10-19-17(22)14-5-3-7-21(11-14)27(24,25)16-6-4-8-26-16/h4,6,8-9,14H,3,5,7,10-11H2,1-2H3,(H,19,22)(H,20,23). The van der Waals surface area contributed by atoms with Gasteiger partial charge in [0.2, 0.25) is 5.91 Å². The van der Waals surface area contributed by atoms with Gasteiger partial charge in [-0.2, -0.15) is 4.31 Å². The van der Waals surface area contributed by atoms with Crippen LogP contribution in [-0.2, 0) is 21.4 Å². The third-order valence-corrected chi connectivity index (χ3v) is 8.02. The highest BCUT2D eigenvalue weighted by Gasteiger charge is 2.33. The van der Waals surface area contributed by atoms with E-state index >= 15 is 0 Å². The van der Waals surface area contributed by atoms with E-state index in [0.717, 1.165) is 11.3 Å². The molecule has 3 heterocycles. The van der Waals surface area contributed by atoms with Crippen LogP contribution in [0.15, 0.2) is 32.6 Å². The molecule has 0 aliphatic carbocycles. The number of hydrogen-bond acceptors (Lipinski definition) is 5. The highest BCUT2D eigenvalue weighted by molar-refractivity contribution is 7.91. The predicted octanol–water partition coefficient (Wildman–Crippen LogP) is 1.77. The molecule has 2 aromatic heterocycles. The molecule has 0 saturated carbocycles. The molecule has 0 spiro atoms. The smallest absolute Gasteiger partial charge is 0.253 e. The number of nitrogens with zero attached hydrogens (tertiary/aromatic N) is 1. The molecule has 3 rings (SSSR count). The second kappa shape index (κ2) is 7.95. The van der Waals surface area contributed by atoms with Crippen molar-refractivity contribution in [3.63, 3.8) is 0 Å². The Morgan fingerprint density at radius 3 is 2.85 bits per heavy atom. The monoisotopic (exact) mass is 409 g/mol. The Hall–Kier alpha value is -1.97. The molecular weight excluding hydrogens is 386 g/mol. The van der Waals surface area contributed by atoms with Gasteiger partial charge in [0.05, 0.1) is 5.92 Å². The van der Waals surface area contributed by atoms with Crippen LogP contribution in [0, 0.1) is 19.8 Å². The molecule has 9 heteroatoms. The summed E-state index contributed by atoms with van der Waals surface area (Å²) in [6.07, 6.45) is 1.26. The van der Waals surface area contributed by atoms with Crippen molar-refractivity contribution < 1.29 is 13.2 Å². The summed E-state index contributed by atoms with van der Waals surface area (Å²) in [6.45, 7) is 4.35. The van der Waals surface area contributed by atoms with Gasteiger partial charge >= 0.3 is 0 Å². The summed E-state index contributed by atoms with van der Waals surface area (Å²) in [6, 6.07) is 5.14. The van der Waals surface area contributed by atoms with Crippen molar-refractivity contribution in [2.24, 2.45) is 5.92 Å². The lowest BCUT2D eigenvalue weighted by atomic mass is 9.98. The van der Waals surface area contributed by atoms with Crippen LogP contribution >= 0.6 is 11.3 Å². The third-order valence-electron chi connectivity index (χ3n) is 4.78. The summed E-state index contributed by atoms with van der Waals surface area (Å²) in [7, 11) is -3.55. The van der Waals surface area contributed by atoms with E-state index in [-0.39, 0.29) is 24.6 Å². The Kier molecular flexibility index (Phi) is 5.83. The fourth-order valence-electron chi connectivity index (χ4n) is 3.33. The van der Waals surface area contributed by atoms with Crippen molar-refractivity contribution in [1.82, 2.24) is 14.6 Å². The normalized spacial score (nSPS) is 18.4. The molecule has 146 valence electrons. The first-order valence-corrected chi connectivity index (χ1v) is 11.1. The van der Waals surface area contributed by atoms with Crippen LogP contribution < -0.4 is 10.9 Å². The first-order chi connectivity index (χ1) is 12.8. The number of thiophene rings is 1. The molecular formula is C18H23N3O4S2. The molecule has 1 fully saturated rings. The van der Waals surface area contributed by atoms with Crippen LogP contribution in [-0.4, -0.2) is 36.7 Å². The van der Waals surface area contributed by atoms with Gasteiger partial charge in [-0.25, -0.2) is 8.42 Å². The topological polar surface area (TPSA) is 99.3 Å². The summed E-state index contributed by atoms with van der Waals surface area (Å²) in [5, 5.41) is 4.52. The van der Waals surface area contributed by atoms with Gasteiger partial charge < -0.3 is 10.3 Å². The van der Waals surface area contributed by atoms with Crippen LogP contribution in [0.2, 0.25) is 0 Å². The van der Waals surface area contributed by atoms with Crippen molar-refractivity contribution in [1.29, 1.82) is 0 Å². The molecule has 0 bridgehead atoms. The lowest BCUT2D eigenvalue weighted by molar-refractivity contribution is -0.126. The van der Waals surface area contributed by atoms with Gasteiger partial charge in [-0.3, -0.25) is 9.59 Å². The van der Waals surface area contributed by atoms with Crippen LogP contribution in [0.1, 0.15) is 29.7 Å². The third kappa shape index (κ3) is 4.31. The van der Waals surface area contributed by atoms with Crippen LogP contribution in [0.4, 0.5) is 0 Å². The second-order valence-electron chi connectivity index (χ2n) is 6.80. The molecule has 1 atom stereocenters. The number of aromatic nitrogens is 1. The first kappa shape index (κ1) is 19.8. The Morgan fingerprint density at radius 1 is 1.41 bits per heavy atom. The van der Waals surface area contributed by atoms with Gasteiger partial charge in [-0.05, 0) is 49.8 Å². The quantitative estimate of drug-likeness (QED) is 0.786. The number of aromatic amines is 1. The average Bonchev–Trinajstić information content (AvgIpc) is 3.16. The molecule has 1 amide bonds. The number of carbonyl (C=O) groups excluding carboxylic acids is 1. The summed E-state index contributed by atoms with van der Waals surface area (Å²) in [5.74, 6) is -0.640. The highest BCUT2D eigenvalue weighted by atomic mass is 32.2. The summed E-state index contributed by atoms with van der Waals surface area (Å²) in [4.78, 5) is 27.4. The Bertz CT molecular complexity index is 981. The van der Waals surface area contributed by atoms with Crippen molar-refractivity contribution in [3.8, 4) is 0 Å². The summed E-state index contributed by atoms with van der Waals surface area (Å²) >= 11 is 1.18. The zero-order chi connectivity index (χ0) is 19.6. The van der Waals surface area contributed by atoms with E-state index in [1.54, 1.807) is 24.4 Å². The van der Waals surface area contributed by atoms with Gasteiger partial charge in [0.1, 0.15) is 4.21 Å². The van der Waals surface area contributed by atoms with Gasteiger partial charge in [-0.1, -0.05) is 6.07 Å². The van der Waals surface area contributed by atoms with Crippen LogP contribution in [0.25, 0.3) is 0 Å². The number of amides is 1. The Labute approximate surface area is 162 Å². The van der Waals surface area contributed by atoms with E-state index in [4.69, 9.17) is 0 Å². The van der Waals surface area contributed by atoms with E-state index < -0.39 is 15.9 Å². The van der Waals surface area contributed by atoms with Gasteiger partial charge in [0.25, 0.3) is 15.6 Å². The number of hydrogen-bond donors (Lipinski definition) is 2. The maximum absolute atomic E-state index is 12.7. The fraction of sp³-hybridized carbons (Fsp3) is 0.444. The molecule has 1 aliphatic rings. The number of carbonyl (C=O) groups is 1. The number of aryl methyl sites for hydroxylation is 2. The van der Waals surface area contributed by atoms with Crippen molar-refractivity contribution in [3.05, 3.63) is 50.8 Å². The summed E-state index contributed by atoms with van der Waals surface area (Å²) in [5.41, 5.74) is 1.91. The second-order valence-corrected chi connectivity index (χ2v) is 9.91. The largest absolute Gasteiger partial charge is 0.352 e. The lowest BCUT2D eigenvalue weighted by Crippen LogP contribution is -2.45. The van der Waals surface area contributed by atoms with Crippen molar-refractivity contribution in [2.75, 3.05) is 13.1 Å². The number of rotatable bonds is 5. The zero-order valence-corrected chi connectivity index (χ0v) is 17.0. The van der Waals surface area contributed by atoms with Gasteiger partial charge in [-0.15, -0.1) is 11.3 Å². The minimum absolute atomic E-state index is 0.133.